The molecule has 27 heavy (non-hydrogen) atoms. The zero-order valence-electron chi connectivity index (χ0n) is 14.3. The number of fused-ring (bicyclic) bond motifs is 1. The van der Waals surface area contributed by atoms with E-state index in [1.807, 2.05) is 24.3 Å². The van der Waals surface area contributed by atoms with Crippen LogP contribution in [0.5, 0.6) is 0 Å². The van der Waals surface area contributed by atoms with Crippen LogP contribution in [0, 0.1) is 11.8 Å². The van der Waals surface area contributed by atoms with Gasteiger partial charge in [0.2, 0.25) is 17.7 Å². The summed E-state index contributed by atoms with van der Waals surface area (Å²) in [4.78, 5) is 43.4. The number of aromatic nitrogens is 1. The van der Waals surface area contributed by atoms with E-state index in [9.17, 15) is 14.4 Å². The van der Waals surface area contributed by atoms with Crippen LogP contribution < -0.4 is 10.2 Å². The number of allylic oxidation sites excluding steroid dienone is 2. The van der Waals surface area contributed by atoms with E-state index in [-0.39, 0.29) is 35.3 Å². The Morgan fingerprint density at radius 3 is 2.41 bits per heavy atom. The quantitative estimate of drug-likeness (QED) is 0.474. The molecule has 0 saturated carbocycles. The van der Waals surface area contributed by atoms with E-state index in [1.54, 1.807) is 23.7 Å². The second-order valence-electron chi connectivity index (χ2n) is 6.34. The van der Waals surface area contributed by atoms with Crippen LogP contribution in [0.1, 0.15) is 12.8 Å². The van der Waals surface area contributed by atoms with E-state index in [0.29, 0.717) is 23.7 Å². The Balaban J connectivity index is 1.38. The summed E-state index contributed by atoms with van der Waals surface area (Å²) in [5, 5.41) is 5.11. The van der Waals surface area contributed by atoms with Crippen LogP contribution in [0.3, 0.4) is 0 Å². The van der Waals surface area contributed by atoms with Gasteiger partial charge in [0.1, 0.15) is 0 Å². The van der Waals surface area contributed by atoms with Crippen molar-refractivity contribution in [3.8, 4) is 0 Å². The SMILES string of the molecule is O=C(CSc1ccc(N2C(=O)[C@@H]3CC=CC[C@H]3C2=O)cc1)Nc1nccs1. The van der Waals surface area contributed by atoms with Crippen LogP contribution in [0.4, 0.5) is 10.8 Å². The summed E-state index contributed by atoms with van der Waals surface area (Å²) in [7, 11) is 0. The lowest BCUT2D eigenvalue weighted by atomic mass is 9.85. The van der Waals surface area contributed by atoms with Crippen molar-refractivity contribution in [1.29, 1.82) is 0 Å². The van der Waals surface area contributed by atoms with E-state index in [0.717, 1.165) is 4.90 Å². The molecule has 1 aliphatic heterocycles. The van der Waals surface area contributed by atoms with Crippen LogP contribution in [-0.2, 0) is 14.4 Å². The van der Waals surface area contributed by atoms with Gasteiger partial charge in [0.15, 0.2) is 5.13 Å². The fourth-order valence-corrected chi connectivity index (χ4v) is 4.58. The highest BCUT2D eigenvalue weighted by molar-refractivity contribution is 8.00. The largest absolute Gasteiger partial charge is 0.301 e. The van der Waals surface area contributed by atoms with Crippen molar-refractivity contribution in [1.82, 2.24) is 4.98 Å². The first-order valence-corrected chi connectivity index (χ1v) is 10.4. The minimum atomic E-state index is -0.230. The zero-order valence-corrected chi connectivity index (χ0v) is 16.0. The van der Waals surface area contributed by atoms with Crippen LogP contribution in [0.25, 0.3) is 0 Å². The van der Waals surface area contributed by atoms with Gasteiger partial charge in [-0.1, -0.05) is 12.2 Å². The molecule has 138 valence electrons. The van der Waals surface area contributed by atoms with Crippen LogP contribution in [-0.4, -0.2) is 28.5 Å². The van der Waals surface area contributed by atoms with E-state index in [2.05, 4.69) is 10.3 Å². The summed E-state index contributed by atoms with van der Waals surface area (Å²) in [6.07, 6.45) is 6.86. The molecule has 2 aliphatic rings. The predicted octanol–water partition coefficient (Wildman–Crippen LogP) is 3.33. The number of anilines is 2. The van der Waals surface area contributed by atoms with Gasteiger partial charge in [-0.25, -0.2) is 4.98 Å². The Hall–Kier alpha value is -2.45. The predicted molar refractivity (Wildman–Crippen MR) is 106 cm³/mol. The molecule has 1 aromatic carbocycles. The van der Waals surface area contributed by atoms with Crippen LogP contribution in [0.2, 0.25) is 0 Å². The minimum absolute atomic E-state index is 0.113. The van der Waals surface area contributed by atoms with Gasteiger partial charge in [-0.05, 0) is 37.1 Å². The lowest BCUT2D eigenvalue weighted by Crippen LogP contribution is -2.30. The third kappa shape index (κ3) is 3.68. The molecule has 8 heteroatoms. The van der Waals surface area contributed by atoms with Crippen molar-refractivity contribution >= 4 is 51.6 Å². The number of nitrogens with one attached hydrogen (secondary N) is 1. The molecule has 0 spiro atoms. The van der Waals surface area contributed by atoms with Gasteiger partial charge in [0.05, 0.1) is 23.3 Å². The van der Waals surface area contributed by atoms with Crippen molar-refractivity contribution in [2.75, 3.05) is 16.0 Å². The fraction of sp³-hybridized carbons (Fsp3) is 0.263. The lowest BCUT2D eigenvalue weighted by Gasteiger charge is -2.15. The third-order valence-corrected chi connectivity index (χ3v) is 6.35. The fourth-order valence-electron chi connectivity index (χ4n) is 3.34. The molecule has 1 fully saturated rings. The Labute approximate surface area is 164 Å². The van der Waals surface area contributed by atoms with Crippen molar-refractivity contribution in [2.24, 2.45) is 11.8 Å². The zero-order chi connectivity index (χ0) is 18.8. The maximum atomic E-state index is 12.6. The molecule has 1 saturated heterocycles. The topological polar surface area (TPSA) is 79.4 Å². The molecule has 0 bridgehead atoms. The molecule has 2 atom stereocenters. The highest BCUT2D eigenvalue weighted by Crippen LogP contribution is 2.38. The van der Waals surface area contributed by atoms with Crippen molar-refractivity contribution < 1.29 is 14.4 Å². The van der Waals surface area contributed by atoms with Gasteiger partial charge in [-0.2, -0.15) is 0 Å². The van der Waals surface area contributed by atoms with Gasteiger partial charge in [0.25, 0.3) is 0 Å². The van der Waals surface area contributed by atoms with Gasteiger partial charge >= 0.3 is 0 Å². The second kappa shape index (κ2) is 7.66. The van der Waals surface area contributed by atoms with Gasteiger partial charge in [-0.3, -0.25) is 19.3 Å². The number of benzene rings is 1. The normalized spacial score (nSPS) is 21.4. The number of rotatable bonds is 5. The lowest BCUT2D eigenvalue weighted by molar-refractivity contribution is -0.122. The smallest absolute Gasteiger partial charge is 0.238 e. The van der Waals surface area contributed by atoms with Gasteiger partial charge < -0.3 is 5.32 Å². The molecular formula is C19H17N3O3S2. The molecule has 0 radical (unpaired) electrons. The Morgan fingerprint density at radius 1 is 1.15 bits per heavy atom. The summed E-state index contributed by atoms with van der Waals surface area (Å²) < 4.78 is 0. The molecule has 1 aliphatic carbocycles. The molecule has 1 N–H and O–H groups in total. The Morgan fingerprint density at radius 2 is 1.81 bits per heavy atom. The summed E-state index contributed by atoms with van der Waals surface area (Å²) in [6.45, 7) is 0. The highest BCUT2D eigenvalue weighted by Gasteiger charge is 2.47. The molecular weight excluding hydrogens is 382 g/mol. The maximum absolute atomic E-state index is 12.6. The molecule has 3 amide bonds. The monoisotopic (exact) mass is 399 g/mol. The molecule has 6 nitrogen and oxygen atoms in total. The summed E-state index contributed by atoms with van der Waals surface area (Å²) in [5.74, 6) is -0.552. The first-order valence-electron chi connectivity index (χ1n) is 8.58. The summed E-state index contributed by atoms with van der Waals surface area (Å²) in [6, 6.07) is 7.19. The molecule has 2 heterocycles. The number of imide groups is 1. The minimum Gasteiger partial charge on any atom is -0.301 e. The standard InChI is InChI=1S/C19H17N3O3S2/c23-16(21-19-20-9-10-26-19)11-27-13-7-5-12(6-8-13)22-17(24)14-3-1-2-4-15(14)18(22)25/h1-2,5-10,14-15H,3-4,11H2,(H,20,21,23)/t14-,15-/m1/s1. The van der Waals surface area contributed by atoms with Crippen molar-refractivity contribution in [3.05, 3.63) is 48.0 Å². The number of hydrogen-bond acceptors (Lipinski definition) is 6. The first-order chi connectivity index (χ1) is 13.1. The average molecular weight is 399 g/mol. The Kier molecular flexibility index (Phi) is 5.09. The van der Waals surface area contributed by atoms with E-state index in [4.69, 9.17) is 0 Å². The van der Waals surface area contributed by atoms with Gasteiger partial charge in [0, 0.05) is 16.5 Å². The third-order valence-electron chi connectivity index (χ3n) is 4.65. The number of thioether (sulfide) groups is 1. The first kappa shape index (κ1) is 17.9. The number of carbonyl (C=O) groups excluding carboxylic acids is 3. The number of thiazole rings is 1. The van der Waals surface area contributed by atoms with Crippen molar-refractivity contribution in [3.63, 3.8) is 0 Å². The van der Waals surface area contributed by atoms with Crippen LogP contribution in [0.15, 0.2) is 52.9 Å². The second-order valence-corrected chi connectivity index (χ2v) is 8.28. The Bertz CT molecular complexity index is 867. The molecule has 4 rings (SSSR count). The average Bonchev–Trinajstić information content (AvgIpc) is 3.28. The van der Waals surface area contributed by atoms with Gasteiger partial charge in [-0.15, -0.1) is 23.1 Å². The summed E-state index contributed by atoms with van der Waals surface area (Å²) >= 11 is 2.76. The van der Waals surface area contributed by atoms with E-state index >= 15 is 0 Å². The van der Waals surface area contributed by atoms with Crippen LogP contribution >= 0.6 is 23.1 Å². The highest BCUT2D eigenvalue weighted by atomic mass is 32.2. The summed E-state index contributed by atoms with van der Waals surface area (Å²) in [5.41, 5.74) is 0.594. The molecule has 0 unspecified atom stereocenters. The van der Waals surface area contributed by atoms with E-state index < -0.39 is 0 Å². The number of amides is 3. The number of carbonyl (C=O) groups is 3. The number of hydrogen-bond donors (Lipinski definition) is 1. The maximum Gasteiger partial charge on any atom is 0.238 e. The number of nitrogens with zero attached hydrogens (tertiary/aromatic N) is 2. The molecule has 1 aromatic heterocycles. The van der Waals surface area contributed by atoms with Crippen molar-refractivity contribution in [2.45, 2.75) is 17.7 Å². The van der Waals surface area contributed by atoms with E-state index in [1.165, 1.54) is 28.0 Å². The molecule has 2 aromatic rings.